The molecule has 1 aliphatic heterocycles. The van der Waals surface area contributed by atoms with Crippen molar-refractivity contribution in [2.75, 3.05) is 34.5 Å². The number of hydrogen-bond donors (Lipinski definition) is 0. The quantitative estimate of drug-likeness (QED) is 0.566. The van der Waals surface area contributed by atoms with Gasteiger partial charge < -0.3 is 14.2 Å². The number of aromatic nitrogens is 4. The Kier molecular flexibility index (Phi) is 6.25. The summed E-state index contributed by atoms with van der Waals surface area (Å²) in [7, 11) is 5.02. The lowest BCUT2D eigenvalue weighted by molar-refractivity contribution is 0.168. The van der Waals surface area contributed by atoms with Crippen LogP contribution in [-0.2, 0) is 24.2 Å². The molecule has 4 rings (SSSR count). The average Bonchev–Trinajstić information content (AvgIpc) is 3.25. The first-order valence-electron chi connectivity index (χ1n) is 10.0. The van der Waals surface area contributed by atoms with Crippen LogP contribution in [0.5, 0.6) is 11.5 Å². The molecule has 1 aromatic heterocycles. The van der Waals surface area contributed by atoms with Crippen molar-refractivity contribution in [3.8, 4) is 11.5 Å². The van der Waals surface area contributed by atoms with Gasteiger partial charge in [-0.2, -0.15) is 0 Å². The summed E-state index contributed by atoms with van der Waals surface area (Å²) in [6, 6.07) is 14.2. The van der Waals surface area contributed by atoms with E-state index in [9.17, 15) is 0 Å². The molecule has 0 aliphatic carbocycles. The van der Waals surface area contributed by atoms with Crippen molar-refractivity contribution in [2.45, 2.75) is 25.6 Å². The molecule has 0 unspecified atom stereocenters. The first kappa shape index (κ1) is 20.3. The summed E-state index contributed by atoms with van der Waals surface area (Å²) in [4.78, 5) is 2.40. The third-order valence-electron chi connectivity index (χ3n) is 5.57. The van der Waals surface area contributed by atoms with E-state index in [1.54, 1.807) is 21.3 Å². The second-order valence-corrected chi connectivity index (χ2v) is 7.25. The van der Waals surface area contributed by atoms with Gasteiger partial charge in [-0.05, 0) is 46.2 Å². The van der Waals surface area contributed by atoms with Crippen molar-refractivity contribution in [3.05, 3.63) is 65.0 Å². The fraction of sp³-hybridized carbons (Fsp3) is 0.409. The van der Waals surface area contributed by atoms with Crippen LogP contribution in [0.25, 0.3) is 0 Å². The monoisotopic (exact) mass is 409 g/mol. The van der Waals surface area contributed by atoms with Gasteiger partial charge in [-0.3, -0.25) is 4.90 Å². The molecular weight excluding hydrogens is 382 g/mol. The van der Waals surface area contributed by atoms with Crippen LogP contribution in [-0.4, -0.2) is 59.6 Å². The zero-order valence-electron chi connectivity index (χ0n) is 17.6. The molecule has 8 nitrogen and oxygen atoms in total. The Balaban J connectivity index is 1.80. The van der Waals surface area contributed by atoms with Gasteiger partial charge in [-0.25, -0.2) is 4.68 Å². The molecule has 1 atom stereocenters. The third-order valence-corrected chi connectivity index (χ3v) is 5.57. The molecule has 0 saturated heterocycles. The molecule has 8 heteroatoms. The molecule has 3 aromatic rings. The van der Waals surface area contributed by atoms with E-state index in [2.05, 4.69) is 44.7 Å². The molecule has 0 amide bonds. The van der Waals surface area contributed by atoms with Gasteiger partial charge in [0.15, 0.2) is 5.82 Å². The van der Waals surface area contributed by atoms with Crippen LogP contribution < -0.4 is 9.47 Å². The Hall–Kier alpha value is -2.97. The van der Waals surface area contributed by atoms with E-state index in [1.165, 1.54) is 11.1 Å². The number of benzene rings is 2. The van der Waals surface area contributed by atoms with E-state index >= 15 is 0 Å². The topological polar surface area (TPSA) is 74.5 Å². The Morgan fingerprint density at radius 3 is 2.63 bits per heavy atom. The van der Waals surface area contributed by atoms with Crippen LogP contribution in [0.2, 0.25) is 0 Å². The van der Waals surface area contributed by atoms with E-state index in [1.807, 2.05) is 22.9 Å². The molecule has 0 N–H and O–H groups in total. The lowest BCUT2D eigenvalue weighted by atomic mass is 9.95. The average molecular weight is 409 g/mol. The second kappa shape index (κ2) is 9.23. The number of fused-ring (bicyclic) bond motifs is 1. The normalized spacial score (nSPS) is 14.9. The number of tetrazole rings is 1. The van der Waals surface area contributed by atoms with E-state index in [-0.39, 0.29) is 6.04 Å². The molecule has 158 valence electrons. The summed E-state index contributed by atoms with van der Waals surface area (Å²) in [6.07, 6.45) is 0.971. The summed E-state index contributed by atoms with van der Waals surface area (Å²) >= 11 is 0. The van der Waals surface area contributed by atoms with Crippen molar-refractivity contribution >= 4 is 0 Å². The highest BCUT2D eigenvalue weighted by molar-refractivity contribution is 5.45. The molecule has 2 aromatic carbocycles. The van der Waals surface area contributed by atoms with Gasteiger partial charge in [0.05, 0.1) is 27.4 Å². The van der Waals surface area contributed by atoms with E-state index in [0.717, 1.165) is 42.4 Å². The lowest BCUT2D eigenvalue weighted by Gasteiger charge is -2.35. The predicted molar refractivity (Wildman–Crippen MR) is 112 cm³/mol. The third kappa shape index (κ3) is 4.01. The van der Waals surface area contributed by atoms with Gasteiger partial charge in [0.2, 0.25) is 0 Å². The zero-order chi connectivity index (χ0) is 20.9. The minimum Gasteiger partial charge on any atom is -0.497 e. The molecule has 0 bridgehead atoms. The summed E-state index contributed by atoms with van der Waals surface area (Å²) in [6.45, 7) is 2.80. The Bertz CT molecular complexity index is 990. The molecule has 1 aliphatic rings. The van der Waals surface area contributed by atoms with Crippen LogP contribution in [0.4, 0.5) is 0 Å². The minimum absolute atomic E-state index is 0.185. The van der Waals surface area contributed by atoms with Gasteiger partial charge >= 0.3 is 0 Å². The van der Waals surface area contributed by atoms with Gasteiger partial charge in [-0.1, -0.05) is 24.3 Å². The lowest BCUT2D eigenvalue weighted by Crippen LogP contribution is -2.36. The van der Waals surface area contributed by atoms with Gasteiger partial charge in [-0.15, -0.1) is 5.10 Å². The molecular formula is C22H27N5O3. The van der Waals surface area contributed by atoms with Crippen LogP contribution in [0, 0.1) is 0 Å². The highest BCUT2D eigenvalue weighted by atomic mass is 16.5. The largest absolute Gasteiger partial charge is 0.497 e. The maximum absolute atomic E-state index is 5.72. The van der Waals surface area contributed by atoms with E-state index < -0.39 is 0 Å². The molecule has 0 saturated carbocycles. The highest BCUT2D eigenvalue weighted by Gasteiger charge is 2.32. The van der Waals surface area contributed by atoms with Crippen molar-refractivity contribution in [1.82, 2.24) is 25.1 Å². The smallest absolute Gasteiger partial charge is 0.173 e. The van der Waals surface area contributed by atoms with E-state index in [4.69, 9.17) is 14.2 Å². The Morgan fingerprint density at radius 1 is 1.03 bits per heavy atom. The first-order chi connectivity index (χ1) is 14.7. The molecule has 0 radical (unpaired) electrons. The molecule has 30 heavy (non-hydrogen) atoms. The van der Waals surface area contributed by atoms with Gasteiger partial charge in [0, 0.05) is 25.8 Å². The maximum Gasteiger partial charge on any atom is 0.173 e. The van der Waals surface area contributed by atoms with Crippen molar-refractivity contribution in [3.63, 3.8) is 0 Å². The highest BCUT2D eigenvalue weighted by Crippen LogP contribution is 2.38. The SMILES string of the molecule is COCCn1nnnc1[C@@H](c1cc(OC)ccc1OC)N1CCc2ccccc2C1. The van der Waals surface area contributed by atoms with Crippen LogP contribution in [0.15, 0.2) is 42.5 Å². The fourth-order valence-electron chi connectivity index (χ4n) is 4.03. The standard InChI is InChI=1S/C22H27N5O3/c1-28-13-12-27-22(23-24-25-27)21(19-14-18(29-2)8-9-20(19)30-3)26-11-10-16-6-4-5-7-17(16)15-26/h4-9,14,21H,10-13,15H2,1-3H3/t21-/m1/s1. The summed E-state index contributed by atoms with van der Waals surface area (Å²) < 4.78 is 18.3. The maximum atomic E-state index is 5.72. The Morgan fingerprint density at radius 2 is 1.87 bits per heavy atom. The number of rotatable bonds is 8. The summed E-state index contributed by atoms with van der Waals surface area (Å²) in [5.74, 6) is 2.31. The predicted octanol–water partition coefficient (Wildman–Crippen LogP) is 2.48. The van der Waals surface area contributed by atoms with Crippen LogP contribution in [0.3, 0.4) is 0 Å². The van der Waals surface area contributed by atoms with Gasteiger partial charge in [0.1, 0.15) is 17.5 Å². The zero-order valence-corrected chi connectivity index (χ0v) is 17.6. The van der Waals surface area contributed by atoms with Crippen LogP contribution in [0.1, 0.15) is 28.6 Å². The number of ether oxygens (including phenoxy) is 3. The van der Waals surface area contributed by atoms with Gasteiger partial charge in [0.25, 0.3) is 0 Å². The molecule has 2 heterocycles. The van der Waals surface area contributed by atoms with Crippen molar-refractivity contribution in [2.24, 2.45) is 0 Å². The van der Waals surface area contributed by atoms with Crippen LogP contribution >= 0.6 is 0 Å². The number of hydrogen-bond acceptors (Lipinski definition) is 7. The summed E-state index contributed by atoms with van der Waals surface area (Å²) in [5.41, 5.74) is 3.69. The minimum atomic E-state index is -0.185. The first-order valence-corrected chi connectivity index (χ1v) is 10.0. The second-order valence-electron chi connectivity index (χ2n) is 7.25. The Labute approximate surface area is 176 Å². The molecule has 0 spiro atoms. The summed E-state index contributed by atoms with van der Waals surface area (Å²) in [5, 5.41) is 12.6. The van der Waals surface area contributed by atoms with Crippen molar-refractivity contribution in [1.29, 1.82) is 0 Å². The van der Waals surface area contributed by atoms with Crippen molar-refractivity contribution < 1.29 is 14.2 Å². The molecule has 0 fully saturated rings. The fourth-order valence-corrected chi connectivity index (χ4v) is 4.03. The van der Waals surface area contributed by atoms with E-state index in [0.29, 0.717) is 13.2 Å². The number of nitrogens with zero attached hydrogens (tertiary/aromatic N) is 5. The number of methoxy groups -OCH3 is 3.